The van der Waals surface area contributed by atoms with Crippen LogP contribution in [-0.4, -0.2) is 13.0 Å². The van der Waals surface area contributed by atoms with E-state index in [1.807, 2.05) is 42.3 Å². The quantitative estimate of drug-likeness (QED) is 0.845. The van der Waals surface area contributed by atoms with Gasteiger partial charge in [0, 0.05) is 29.4 Å². The minimum absolute atomic E-state index is 0.430. The maximum atomic E-state index is 11.5. The smallest absolute Gasteiger partial charge is 0.250 e. The monoisotopic (exact) mass is 333 g/mol. The highest BCUT2D eigenvalue weighted by Crippen LogP contribution is 2.25. The van der Waals surface area contributed by atoms with Crippen LogP contribution in [0.1, 0.15) is 15.9 Å². The van der Waals surface area contributed by atoms with Gasteiger partial charge in [-0.05, 0) is 29.8 Å². The van der Waals surface area contributed by atoms with Gasteiger partial charge in [-0.3, -0.25) is 4.79 Å². The minimum Gasteiger partial charge on any atom is -0.399 e. The van der Waals surface area contributed by atoms with Crippen molar-refractivity contribution >= 4 is 33.2 Å². The molecular weight excluding hydrogens is 318 g/mol. The number of primary amides is 1. The predicted octanol–water partition coefficient (Wildman–Crippen LogP) is 2.77. The van der Waals surface area contributed by atoms with E-state index in [1.54, 1.807) is 12.1 Å². The van der Waals surface area contributed by atoms with Crippen LogP contribution in [0.4, 0.5) is 11.4 Å². The summed E-state index contributed by atoms with van der Waals surface area (Å²) < 4.78 is 1.03. The molecule has 2 rings (SSSR count). The number of amides is 1. The van der Waals surface area contributed by atoms with E-state index in [0.29, 0.717) is 17.8 Å². The van der Waals surface area contributed by atoms with Crippen molar-refractivity contribution in [3.05, 3.63) is 58.1 Å². The molecule has 4 N–H and O–H groups in total. The first-order chi connectivity index (χ1) is 9.49. The molecule has 104 valence electrons. The standard InChI is InChI=1S/C15H16BrN3O/c1-19(9-10-4-2-3-5-13(10)16)14-7-6-11(17)8-12(14)15(18)20/h2-8H,9,17H2,1H3,(H2,18,20). The Bertz CT molecular complexity index is 643. The van der Waals surface area contributed by atoms with Gasteiger partial charge in [0.1, 0.15) is 0 Å². The maximum Gasteiger partial charge on any atom is 0.250 e. The molecule has 0 bridgehead atoms. The highest BCUT2D eigenvalue weighted by atomic mass is 79.9. The topological polar surface area (TPSA) is 72.3 Å². The number of hydrogen-bond donors (Lipinski definition) is 2. The van der Waals surface area contributed by atoms with Gasteiger partial charge in [-0.1, -0.05) is 34.1 Å². The number of nitrogens with zero attached hydrogens (tertiary/aromatic N) is 1. The zero-order valence-electron chi connectivity index (χ0n) is 11.1. The van der Waals surface area contributed by atoms with Crippen LogP contribution in [0.3, 0.4) is 0 Å². The van der Waals surface area contributed by atoms with Crippen LogP contribution >= 0.6 is 15.9 Å². The number of benzene rings is 2. The van der Waals surface area contributed by atoms with Crippen LogP contribution < -0.4 is 16.4 Å². The van der Waals surface area contributed by atoms with Crippen molar-refractivity contribution in [2.45, 2.75) is 6.54 Å². The Morgan fingerprint density at radius 2 is 1.95 bits per heavy atom. The molecule has 2 aromatic rings. The molecule has 0 atom stereocenters. The Morgan fingerprint density at radius 1 is 1.25 bits per heavy atom. The van der Waals surface area contributed by atoms with Crippen LogP contribution in [0, 0.1) is 0 Å². The molecule has 0 unspecified atom stereocenters. The normalized spacial score (nSPS) is 10.3. The van der Waals surface area contributed by atoms with Gasteiger partial charge in [0.15, 0.2) is 0 Å². The molecule has 0 fully saturated rings. The maximum absolute atomic E-state index is 11.5. The average Bonchev–Trinajstić information content (AvgIpc) is 2.41. The molecule has 0 radical (unpaired) electrons. The van der Waals surface area contributed by atoms with Crippen LogP contribution in [0.25, 0.3) is 0 Å². The SMILES string of the molecule is CN(Cc1ccccc1Br)c1ccc(N)cc1C(N)=O. The second-order valence-electron chi connectivity index (χ2n) is 4.59. The third-order valence-electron chi connectivity index (χ3n) is 3.06. The first-order valence-corrected chi connectivity index (χ1v) is 6.92. The summed E-state index contributed by atoms with van der Waals surface area (Å²) in [5.74, 6) is -0.480. The predicted molar refractivity (Wildman–Crippen MR) is 85.6 cm³/mol. The molecule has 0 heterocycles. The van der Waals surface area contributed by atoms with Crippen molar-refractivity contribution in [1.29, 1.82) is 0 Å². The van der Waals surface area contributed by atoms with E-state index in [1.165, 1.54) is 0 Å². The molecule has 5 heteroatoms. The molecule has 1 amide bonds. The van der Waals surface area contributed by atoms with Gasteiger partial charge in [-0.2, -0.15) is 0 Å². The lowest BCUT2D eigenvalue weighted by molar-refractivity contribution is 0.100. The van der Waals surface area contributed by atoms with Gasteiger partial charge in [0.25, 0.3) is 5.91 Å². The van der Waals surface area contributed by atoms with Crippen molar-refractivity contribution in [3.63, 3.8) is 0 Å². The minimum atomic E-state index is -0.480. The Labute approximate surface area is 126 Å². The van der Waals surface area contributed by atoms with E-state index in [0.717, 1.165) is 15.7 Å². The summed E-state index contributed by atoms with van der Waals surface area (Å²) in [5.41, 5.74) is 14.0. The van der Waals surface area contributed by atoms with Crippen LogP contribution in [0.15, 0.2) is 46.9 Å². The summed E-state index contributed by atoms with van der Waals surface area (Å²) in [6.07, 6.45) is 0. The van der Waals surface area contributed by atoms with E-state index in [2.05, 4.69) is 15.9 Å². The van der Waals surface area contributed by atoms with E-state index in [4.69, 9.17) is 11.5 Å². The molecular formula is C15H16BrN3O. The molecule has 0 aliphatic heterocycles. The van der Waals surface area contributed by atoms with Crippen LogP contribution in [0.2, 0.25) is 0 Å². The van der Waals surface area contributed by atoms with E-state index >= 15 is 0 Å². The molecule has 4 nitrogen and oxygen atoms in total. The fourth-order valence-electron chi connectivity index (χ4n) is 2.05. The number of rotatable bonds is 4. The third kappa shape index (κ3) is 3.11. The number of hydrogen-bond acceptors (Lipinski definition) is 3. The first kappa shape index (κ1) is 14.4. The summed E-state index contributed by atoms with van der Waals surface area (Å²) in [6.45, 7) is 0.658. The lowest BCUT2D eigenvalue weighted by atomic mass is 10.1. The lowest BCUT2D eigenvalue weighted by Gasteiger charge is -2.22. The van der Waals surface area contributed by atoms with E-state index in [9.17, 15) is 4.79 Å². The van der Waals surface area contributed by atoms with Gasteiger partial charge in [0.2, 0.25) is 0 Å². The number of nitrogen functional groups attached to an aromatic ring is 1. The zero-order chi connectivity index (χ0) is 14.7. The van der Waals surface area contributed by atoms with Crippen molar-refractivity contribution in [2.24, 2.45) is 5.73 Å². The van der Waals surface area contributed by atoms with E-state index < -0.39 is 5.91 Å². The van der Waals surface area contributed by atoms with Gasteiger partial charge in [-0.15, -0.1) is 0 Å². The fraction of sp³-hybridized carbons (Fsp3) is 0.133. The number of halogens is 1. The second kappa shape index (κ2) is 5.96. The Hall–Kier alpha value is -2.01. The molecule has 0 aliphatic rings. The largest absolute Gasteiger partial charge is 0.399 e. The Morgan fingerprint density at radius 3 is 2.60 bits per heavy atom. The number of carbonyl (C=O) groups is 1. The van der Waals surface area contributed by atoms with E-state index in [-0.39, 0.29) is 0 Å². The molecule has 20 heavy (non-hydrogen) atoms. The molecule has 0 aliphatic carbocycles. The Kier molecular flexibility index (Phi) is 4.29. The van der Waals surface area contributed by atoms with Crippen molar-refractivity contribution in [2.75, 3.05) is 17.7 Å². The summed E-state index contributed by atoms with van der Waals surface area (Å²) in [7, 11) is 1.91. The summed E-state index contributed by atoms with van der Waals surface area (Å²) in [5, 5.41) is 0. The Balaban J connectivity index is 2.32. The van der Waals surface area contributed by atoms with Gasteiger partial charge < -0.3 is 16.4 Å². The lowest BCUT2D eigenvalue weighted by Crippen LogP contribution is -2.22. The van der Waals surface area contributed by atoms with Crippen LogP contribution in [-0.2, 0) is 6.54 Å². The van der Waals surface area contributed by atoms with Gasteiger partial charge >= 0.3 is 0 Å². The van der Waals surface area contributed by atoms with Crippen LogP contribution in [0.5, 0.6) is 0 Å². The van der Waals surface area contributed by atoms with Crippen molar-refractivity contribution < 1.29 is 4.79 Å². The number of carbonyl (C=O) groups excluding carboxylic acids is 1. The zero-order valence-corrected chi connectivity index (χ0v) is 12.7. The highest BCUT2D eigenvalue weighted by Gasteiger charge is 2.13. The molecule has 0 saturated heterocycles. The summed E-state index contributed by atoms with van der Waals surface area (Å²) in [4.78, 5) is 13.5. The average molecular weight is 334 g/mol. The third-order valence-corrected chi connectivity index (χ3v) is 3.84. The van der Waals surface area contributed by atoms with Gasteiger partial charge in [-0.25, -0.2) is 0 Å². The molecule has 2 aromatic carbocycles. The first-order valence-electron chi connectivity index (χ1n) is 6.13. The summed E-state index contributed by atoms with van der Waals surface area (Å²) >= 11 is 3.52. The van der Waals surface area contributed by atoms with Crippen molar-refractivity contribution in [1.82, 2.24) is 0 Å². The fourth-order valence-corrected chi connectivity index (χ4v) is 2.46. The second-order valence-corrected chi connectivity index (χ2v) is 5.44. The van der Waals surface area contributed by atoms with Crippen molar-refractivity contribution in [3.8, 4) is 0 Å². The molecule has 0 saturated carbocycles. The number of nitrogens with two attached hydrogens (primary N) is 2. The highest BCUT2D eigenvalue weighted by molar-refractivity contribution is 9.10. The number of anilines is 2. The van der Waals surface area contributed by atoms with Gasteiger partial charge in [0.05, 0.1) is 5.56 Å². The summed E-state index contributed by atoms with van der Waals surface area (Å²) in [6, 6.07) is 13.1. The molecule has 0 aromatic heterocycles. The molecule has 0 spiro atoms.